The Morgan fingerprint density at radius 3 is 3.05 bits per heavy atom. The minimum atomic E-state index is -0.485. The molecule has 2 atom stereocenters. The third-order valence-corrected chi connectivity index (χ3v) is 3.93. The number of piperidine rings is 1. The summed E-state index contributed by atoms with van der Waals surface area (Å²) in [6, 6.07) is 8.79. The molecule has 0 radical (unpaired) electrons. The summed E-state index contributed by atoms with van der Waals surface area (Å²) < 4.78 is 10.7. The molecular weight excluding hydrogens is 280 g/mol. The van der Waals surface area contributed by atoms with Crippen LogP contribution in [-0.2, 0) is 14.3 Å². The lowest BCUT2D eigenvalue weighted by molar-refractivity contribution is -0.149. The van der Waals surface area contributed by atoms with Crippen LogP contribution in [0.15, 0.2) is 24.3 Å². The van der Waals surface area contributed by atoms with E-state index >= 15 is 0 Å². The molecule has 0 N–H and O–H groups in total. The Bertz CT molecular complexity index is 551. The zero-order valence-electron chi connectivity index (χ0n) is 13.1. The molecule has 0 unspecified atom stereocenters. The van der Waals surface area contributed by atoms with E-state index < -0.39 is 6.04 Å². The van der Waals surface area contributed by atoms with Crippen LogP contribution in [-0.4, -0.2) is 43.8 Å². The van der Waals surface area contributed by atoms with Crippen molar-refractivity contribution >= 4 is 5.97 Å². The monoisotopic (exact) mass is 302 g/mol. The lowest BCUT2D eigenvalue weighted by Gasteiger charge is -2.36. The summed E-state index contributed by atoms with van der Waals surface area (Å²) >= 11 is 0. The average Bonchev–Trinajstić information content (AvgIpc) is 2.56. The first-order valence-electron chi connectivity index (χ1n) is 7.63. The van der Waals surface area contributed by atoms with Crippen LogP contribution in [0.5, 0.6) is 0 Å². The quantitative estimate of drug-likeness (QED) is 0.781. The number of rotatable bonds is 5. The molecule has 0 bridgehead atoms. The van der Waals surface area contributed by atoms with Crippen molar-refractivity contribution in [2.24, 2.45) is 0 Å². The number of benzene rings is 1. The minimum Gasteiger partial charge on any atom is -0.468 e. The van der Waals surface area contributed by atoms with Crippen LogP contribution in [0.3, 0.4) is 0 Å². The number of hydrogen-bond donors (Lipinski definition) is 0. The standard InChI is InChI=1S/C17H22N2O3/c1-3-22-15-8-5-9-19(12-15)16(17(20)21-2)14-7-4-6-13(10-14)11-18/h4,6-7,10,15-16H,3,5,8-9,12H2,1-2H3/t15-,16+/m1/s1. The molecule has 0 spiro atoms. The number of methoxy groups -OCH3 is 1. The van der Waals surface area contributed by atoms with Gasteiger partial charge in [0, 0.05) is 13.2 Å². The Hall–Kier alpha value is -1.90. The number of esters is 1. The van der Waals surface area contributed by atoms with E-state index in [1.165, 1.54) is 7.11 Å². The summed E-state index contributed by atoms with van der Waals surface area (Å²) in [4.78, 5) is 14.4. The Balaban J connectivity index is 2.26. The van der Waals surface area contributed by atoms with Gasteiger partial charge in [0.1, 0.15) is 6.04 Å². The first-order valence-corrected chi connectivity index (χ1v) is 7.63. The van der Waals surface area contributed by atoms with Gasteiger partial charge in [0.25, 0.3) is 0 Å². The maximum absolute atomic E-state index is 12.3. The van der Waals surface area contributed by atoms with Gasteiger partial charge in [-0.2, -0.15) is 5.26 Å². The lowest BCUT2D eigenvalue weighted by atomic mass is 9.99. The smallest absolute Gasteiger partial charge is 0.327 e. The topological polar surface area (TPSA) is 62.6 Å². The molecule has 1 aromatic carbocycles. The van der Waals surface area contributed by atoms with Crippen LogP contribution >= 0.6 is 0 Å². The van der Waals surface area contributed by atoms with E-state index in [1.54, 1.807) is 18.2 Å². The van der Waals surface area contributed by atoms with Crippen molar-refractivity contribution in [1.82, 2.24) is 4.90 Å². The maximum atomic E-state index is 12.3. The van der Waals surface area contributed by atoms with Gasteiger partial charge in [-0.3, -0.25) is 4.90 Å². The fourth-order valence-electron chi connectivity index (χ4n) is 2.96. The van der Waals surface area contributed by atoms with Crippen molar-refractivity contribution in [3.63, 3.8) is 0 Å². The summed E-state index contributed by atoms with van der Waals surface area (Å²) in [6.07, 6.45) is 2.14. The van der Waals surface area contributed by atoms with E-state index in [4.69, 9.17) is 14.7 Å². The van der Waals surface area contributed by atoms with Crippen LogP contribution in [0.1, 0.15) is 36.9 Å². The fourth-order valence-corrected chi connectivity index (χ4v) is 2.96. The molecule has 1 heterocycles. The fraction of sp³-hybridized carbons (Fsp3) is 0.529. The molecule has 5 nitrogen and oxygen atoms in total. The molecule has 0 amide bonds. The van der Waals surface area contributed by atoms with E-state index in [9.17, 15) is 4.79 Å². The first kappa shape index (κ1) is 16.5. The number of ether oxygens (including phenoxy) is 2. The van der Waals surface area contributed by atoms with Gasteiger partial charge >= 0.3 is 5.97 Å². The number of nitriles is 1. The van der Waals surface area contributed by atoms with Crippen molar-refractivity contribution in [2.45, 2.75) is 31.9 Å². The molecule has 1 aliphatic rings. The van der Waals surface area contributed by atoms with Crippen LogP contribution < -0.4 is 0 Å². The molecule has 118 valence electrons. The van der Waals surface area contributed by atoms with Gasteiger partial charge in [-0.1, -0.05) is 12.1 Å². The second-order valence-electron chi connectivity index (χ2n) is 5.38. The predicted molar refractivity (Wildman–Crippen MR) is 82.1 cm³/mol. The van der Waals surface area contributed by atoms with Gasteiger partial charge in [-0.25, -0.2) is 4.79 Å². The van der Waals surface area contributed by atoms with E-state index in [0.29, 0.717) is 18.7 Å². The van der Waals surface area contributed by atoms with Crippen LogP contribution in [0.4, 0.5) is 0 Å². The highest BCUT2D eigenvalue weighted by atomic mass is 16.5. The number of nitrogens with zero attached hydrogens (tertiary/aromatic N) is 2. The number of likely N-dealkylation sites (tertiary alicyclic amines) is 1. The number of carbonyl (C=O) groups excluding carboxylic acids is 1. The van der Waals surface area contributed by atoms with Gasteiger partial charge in [-0.05, 0) is 44.0 Å². The molecule has 1 aliphatic heterocycles. The Morgan fingerprint density at radius 2 is 2.36 bits per heavy atom. The normalized spacial score (nSPS) is 20.1. The molecule has 5 heteroatoms. The summed E-state index contributed by atoms with van der Waals surface area (Å²) in [5.41, 5.74) is 1.34. The maximum Gasteiger partial charge on any atom is 0.327 e. The third kappa shape index (κ3) is 3.85. The molecule has 1 fully saturated rings. The van der Waals surface area contributed by atoms with Crippen molar-refractivity contribution < 1.29 is 14.3 Å². The molecule has 0 aliphatic carbocycles. The Morgan fingerprint density at radius 1 is 1.55 bits per heavy atom. The molecule has 0 saturated carbocycles. The average molecular weight is 302 g/mol. The third-order valence-electron chi connectivity index (χ3n) is 3.93. The van der Waals surface area contributed by atoms with Crippen molar-refractivity contribution in [1.29, 1.82) is 5.26 Å². The lowest BCUT2D eigenvalue weighted by Crippen LogP contribution is -2.44. The van der Waals surface area contributed by atoms with Crippen molar-refractivity contribution in [3.8, 4) is 6.07 Å². The van der Waals surface area contributed by atoms with Gasteiger partial charge in [0.2, 0.25) is 0 Å². The second kappa shape index (κ2) is 7.92. The zero-order chi connectivity index (χ0) is 15.9. The largest absolute Gasteiger partial charge is 0.468 e. The summed E-state index contributed by atoms with van der Waals surface area (Å²) in [5.74, 6) is -0.299. The second-order valence-corrected chi connectivity index (χ2v) is 5.38. The van der Waals surface area contributed by atoms with Gasteiger partial charge in [-0.15, -0.1) is 0 Å². The number of carbonyl (C=O) groups is 1. The molecular formula is C17H22N2O3. The van der Waals surface area contributed by atoms with E-state index in [0.717, 1.165) is 24.9 Å². The summed E-state index contributed by atoms with van der Waals surface area (Å²) in [7, 11) is 1.40. The van der Waals surface area contributed by atoms with Crippen molar-refractivity contribution in [3.05, 3.63) is 35.4 Å². The molecule has 2 rings (SSSR count). The Kier molecular flexibility index (Phi) is 5.93. The zero-order valence-corrected chi connectivity index (χ0v) is 13.1. The van der Waals surface area contributed by atoms with E-state index in [2.05, 4.69) is 11.0 Å². The predicted octanol–water partition coefficient (Wildman–Crippen LogP) is 2.27. The van der Waals surface area contributed by atoms with Crippen LogP contribution in [0.25, 0.3) is 0 Å². The highest BCUT2D eigenvalue weighted by Crippen LogP contribution is 2.27. The van der Waals surface area contributed by atoms with Gasteiger partial charge in [0.05, 0.1) is 24.8 Å². The highest BCUT2D eigenvalue weighted by Gasteiger charge is 2.32. The van der Waals surface area contributed by atoms with Gasteiger partial charge in [0.15, 0.2) is 0 Å². The van der Waals surface area contributed by atoms with Gasteiger partial charge < -0.3 is 9.47 Å². The summed E-state index contributed by atoms with van der Waals surface area (Å²) in [6.45, 7) is 4.17. The molecule has 1 saturated heterocycles. The van der Waals surface area contributed by atoms with E-state index in [1.807, 2.05) is 13.0 Å². The van der Waals surface area contributed by atoms with Crippen LogP contribution in [0.2, 0.25) is 0 Å². The SMILES string of the molecule is CCO[C@@H]1CCCN([C@H](C(=O)OC)c2cccc(C#N)c2)C1. The molecule has 22 heavy (non-hydrogen) atoms. The molecule has 1 aromatic rings. The number of hydrogen-bond acceptors (Lipinski definition) is 5. The minimum absolute atomic E-state index is 0.144. The van der Waals surface area contributed by atoms with Crippen molar-refractivity contribution in [2.75, 3.05) is 26.8 Å². The summed E-state index contributed by atoms with van der Waals surface area (Å²) in [5, 5.41) is 9.06. The Labute approximate surface area is 131 Å². The highest BCUT2D eigenvalue weighted by molar-refractivity contribution is 5.77. The van der Waals surface area contributed by atoms with E-state index in [-0.39, 0.29) is 12.1 Å². The van der Waals surface area contributed by atoms with Crippen LogP contribution in [0, 0.1) is 11.3 Å². The first-order chi connectivity index (χ1) is 10.7. The molecule has 0 aromatic heterocycles.